The van der Waals surface area contributed by atoms with Crippen LogP contribution in [0.15, 0.2) is 18.2 Å². The van der Waals surface area contributed by atoms with Crippen molar-refractivity contribution >= 4 is 0 Å². The molecule has 1 unspecified atom stereocenters. The molecule has 19 heavy (non-hydrogen) atoms. The molecule has 0 amide bonds. The van der Waals surface area contributed by atoms with Gasteiger partial charge in [-0.2, -0.15) is 0 Å². The Balaban J connectivity index is 2.53. The molecule has 1 atom stereocenters. The summed E-state index contributed by atoms with van der Waals surface area (Å²) in [5.74, 6) is -1.67. The van der Waals surface area contributed by atoms with E-state index < -0.39 is 11.6 Å². The first-order valence-electron chi connectivity index (χ1n) is 6.50. The Hall–Kier alpha value is -1.04. The fraction of sp³-hybridized carbons (Fsp3) is 0.571. The first-order chi connectivity index (χ1) is 9.08. The van der Waals surface area contributed by atoms with E-state index in [1.807, 2.05) is 20.8 Å². The highest BCUT2D eigenvalue weighted by molar-refractivity contribution is 5.20. The highest BCUT2D eigenvalue weighted by Gasteiger charge is 2.12. The van der Waals surface area contributed by atoms with Crippen LogP contribution in [0, 0.1) is 11.6 Å². The van der Waals surface area contributed by atoms with Gasteiger partial charge in [-0.05, 0) is 38.5 Å². The van der Waals surface area contributed by atoms with Crippen molar-refractivity contribution in [3.05, 3.63) is 35.4 Å². The SMILES string of the molecule is CCOC(CNC(C)c1ccc(F)c(F)c1)OCC. The van der Waals surface area contributed by atoms with Gasteiger partial charge < -0.3 is 14.8 Å². The molecule has 0 fully saturated rings. The van der Waals surface area contributed by atoms with E-state index >= 15 is 0 Å². The second-order valence-electron chi connectivity index (χ2n) is 4.14. The highest BCUT2D eigenvalue weighted by Crippen LogP contribution is 2.16. The fourth-order valence-electron chi connectivity index (χ4n) is 1.71. The quantitative estimate of drug-likeness (QED) is 0.739. The second-order valence-corrected chi connectivity index (χ2v) is 4.14. The average molecular weight is 273 g/mol. The number of ether oxygens (including phenoxy) is 2. The van der Waals surface area contributed by atoms with Crippen LogP contribution in [0.3, 0.4) is 0 Å². The van der Waals surface area contributed by atoms with Crippen molar-refractivity contribution in [2.24, 2.45) is 0 Å². The minimum atomic E-state index is -0.836. The zero-order chi connectivity index (χ0) is 14.3. The lowest BCUT2D eigenvalue weighted by Crippen LogP contribution is -2.33. The van der Waals surface area contributed by atoms with Crippen molar-refractivity contribution in [1.82, 2.24) is 5.32 Å². The lowest BCUT2D eigenvalue weighted by atomic mass is 10.1. The zero-order valence-electron chi connectivity index (χ0n) is 11.6. The minimum Gasteiger partial charge on any atom is -0.352 e. The van der Waals surface area contributed by atoms with Crippen LogP contribution in [0.5, 0.6) is 0 Å². The molecule has 0 aliphatic rings. The minimum absolute atomic E-state index is 0.112. The molecular formula is C14H21F2NO2. The van der Waals surface area contributed by atoms with Crippen molar-refractivity contribution in [3.8, 4) is 0 Å². The van der Waals surface area contributed by atoms with Gasteiger partial charge in [-0.15, -0.1) is 0 Å². The molecule has 3 nitrogen and oxygen atoms in total. The summed E-state index contributed by atoms with van der Waals surface area (Å²) in [4.78, 5) is 0. The molecule has 0 spiro atoms. The zero-order valence-corrected chi connectivity index (χ0v) is 11.6. The maximum Gasteiger partial charge on any atom is 0.169 e. The third-order valence-electron chi connectivity index (χ3n) is 2.74. The standard InChI is InChI=1S/C14H21F2NO2/c1-4-18-14(19-5-2)9-17-10(3)11-6-7-12(15)13(16)8-11/h6-8,10,14,17H,4-5,9H2,1-3H3. The number of hydrogen-bond donors (Lipinski definition) is 1. The summed E-state index contributed by atoms with van der Waals surface area (Å²) < 4.78 is 36.8. The maximum absolute atomic E-state index is 13.1. The molecule has 1 aromatic rings. The molecule has 5 heteroatoms. The van der Waals surface area contributed by atoms with Crippen LogP contribution in [0.25, 0.3) is 0 Å². The van der Waals surface area contributed by atoms with E-state index in [0.717, 1.165) is 6.07 Å². The predicted octanol–water partition coefficient (Wildman–Crippen LogP) is 3.01. The third-order valence-corrected chi connectivity index (χ3v) is 2.74. The van der Waals surface area contributed by atoms with Gasteiger partial charge in [0.1, 0.15) is 0 Å². The van der Waals surface area contributed by atoms with Gasteiger partial charge in [0.25, 0.3) is 0 Å². The Morgan fingerprint density at radius 1 is 1.11 bits per heavy atom. The Morgan fingerprint density at radius 3 is 2.26 bits per heavy atom. The van der Waals surface area contributed by atoms with Crippen molar-refractivity contribution < 1.29 is 18.3 Å². The maximum atomic E-state index is 13.1. The summed E-state index contributed by atoms with van der Waals surface area (Å²) in [5.41, 5.74) is 0.686. The summed E-state index contributed by atoms with van der Waals surface area (Å²) in [6.07, 6.45) is -0.331. The largest absolute Gasteiger partial charge is 0.352 e. The first-order valence-corrected chi connectivity index (χ1v) is 6.50. The van der Waals surface area contributed by atoms with Crippen molar-refractivity contribution in [1.29, 1.82) is 0 Å². The van der Waals surface area contributed by atoms with Crippen LogP contribution in [0.1, 0.15) is 32.4 Å². The molecular weight excluding hydrogens is 252 g/mol. The third kappa shape index (κ3) is 5.22. The first kappa shape index (κ1) is 16.0. The normalized spacial score (nSPS) is 12.9. The van der Waals surface area contributed by atoms with E-state index in [1.54, 1.807) is 6.07 Å². The van der Waals surface area contributed by atoms with Crippen molar-refractivity contribution in [2.75, 3.05) is 19.8 Å². The number of hydrogen-bond acceptors (Lipinski definition) is 3. The van der Waals surface area contributed by atoms with Gasteiger partial charge in [0.15, 0.2) is 17.9 Å². The lowest BCUT2D eigenvalue weighted by molar-refractivity contribution is -0.133. The van der Waals surface area contributed by atoms with E-state index in [0.29, 0.717) is 25.3 Å². The summed E-state index contributed by atoms with van der Waals surface area (Å²) in [6, 6.07) is 3.78. The van der Waals surface area contributed by atoms with Crippen LogP contribution in [0.4, 0.5) is 8.78 Å². The van der Waals surface area contributed by atoms with Crippen LogP contribution in [0.2, 0.25) is 0 Å². The van der Waals surface area contributed by atoms with Crippen LogP contribution >= 0.6 is 0 Å². The Morgan fingerprint density at radius 2 is 1.74 bits per heavy atom. The van der Waals surface area contributed by atoms with Gasteiger partial charge in [0, 0.05) is 25.8 Å². The molecule has 0 bridgehead atoms. The molecule has 108 valence electrons. The summed E-state index contributed by atoms with van der Waals surface area (Å²) in [6.45, 7) is 7.27. The predicted molar refractivity (Wildman–Crippen MR) is 69.8 cm³/mol. The molecule has 0 aliphatic carbocycles. The summed E-state index contributed by atoms with van der Waals surface area (Å²) >= 11 is 0. The summed E-state index contributed by atoms with van der Waals surface area (Å²) in [5, 5.41) is 3.18. The monoisotopic (exact) mass is 273 g/mol. The van der Waals surface area contributed by atoms with Crippen molar-refractivity contribution in [3.63, 3.8) is 0 Å². The van der Waals surface area contributed by atoms with Crippen LogP contribution in [-0.4, -0.2) is 26.0 Å². The van der Waals surface area contributed by atoms with Gasteiger partial charge in [-0.1, -0.05) is 6.07 Å². The Labute approximate surface area is 112 Å². The summed E-state index contributed by atoms with van der Waals surface area (Å²) in [7, 11) is 0. The van der Waals surface area contributed by atoms with E-state index in [9.17, 15) is 8.78 Å². The van der Waals surface area contributed by atoms with Gasteiger partial charge in [-0.25, -0.2) is 8.78 Å². The molecule has 0 saturated carbocycles. The molecule has 0 heterocycles. The molecule has 0 aromatic heterocycles. The smallest absolute Gasteiger partial charge is 0.169 e. The highest BCUT2D eigenvalue weighted by atomic mass is 19.2. The molecule has 1 aromatic carbocycles. The Bertz CT molecular complexity index is 382. The van der Waals surface area contributed by atoms with E-state index in [1.165, 1.54) is 6.07 Å². The average Bonchev–Trinajstić information content (AvgIpc) is 2.39. The molecule has 0 saturated heterocycles. The lowest BCUT2D eigenvalue weighted by Gasteiger charge is -2.21. The second kappa shape index (κ2) is 8.19. The molecule has 0 aliphatic heterocycles. The molecule has 1 rings (SSSR count). The number of rotatable bonds is 8. The molecule has 1 N–H and O–H groups in total. The Kier molecular flexibility index (Phi) is 6.91. The van der Waals surface area contributed by atoms with Gasteiger partial charge in [-0.3, -0.25) is 0 Å². The van der Waals surface area contributed by atoms with Crippen LogP contribution < -0.4 is 5.32 Å². The van der Waals surface area contributed by atoms with Gasteiger partial charge in [0.05, 0.1) is 0 Å². The van der Waals surface area contributed by atoms with Gasteiger partial charge in [0.2, 0.25) is 0 Å². The van der Waals surface area contributed by atoms with Crippen molar-refractivity contribution in [2.45, 2.75) is 33.1 Å². The van der Waals surface area contributed by atoms with E-state index in [-0.39, 0.29) is 12.3 Å². The topological polar surface area (TPSA) is 30.5 Å². The van der Waals surface area contributed by atoms with Crippen LogP contribution in [-0.2, 0) is 9.47 Å². The van der Waals surface area contributed by atoms with Gasteiger partial charge >= 0.3 is 0 Å². The van der Waals surface area contributed by atoms with E-state index in [4.69, 9.17) is 9.47 Å². The van der Waals surface area contributed by atoms with E-state index in [2.05, 4.69) is 5.32 Å². The molecule has 0 radical (unpaired) electrons. The number of benzene rings is 1. The number of halogens is 2. The number of nitrogens with one attached hydrogen (secondary N) is 1. The fourth-order valence-corrected chi connectivity index (χ4v) is 1.71.